The molecule has 1 saturated carbocycles. The highest BCUT2D eigenvalue weighted by molar-refractivity contribution is 5.77. The maximum atomic E-state index is 14.7. The van der Waals surface area contributed by atoms with Gasteiger partial charge >= 0.3 is 5.97 Å². The molecule has 1 aromatic carbocycles. The lowest BCUT2D eigenvalue weighted by molar-refractivity contribution is -0.169. The van der Waals surface area contributed by atoms with Crippen molar-refractivity contribution >= 4 is 5.97 Å². The van der Waals surface area contributed by atoms with E-state index >= 15 is 0 Å². The number of carbonyl (C=O) groups is 1. The zero-order valence-corrected chi connectivity index (χ0v) is 13.4. The van der Waals surface area contributed by atoms with Crippen LogP contribution >= 0.6 is 0 Å². The maximum Gasteiger partial charge on any atom is 0.309 e. The number of halogens is 1. The number of carbonyl (C=O) groups excluding carboxylic acids is 1. The van der Waals surface area contributed by atoms with E-state index in [2.05, 4.69) is 0 Å². The highest BCUT2D eigenvalue weighted by Gasteiger charge is 2.46. The Balaban J connectivity index is 1.61. The molecule has 1 saturated heterocycles. The smallest absolute Gasteiger partial charge is 0.309 e. The van der Waals surface area contributed by atoms with Crippen molar-refractivity contribution in [1.82, 2.24) is 0 Å². The summed E-state index contributed by atoms with van der Waals surface area (Å²) in [5.74, 6) is -0.767. The first kappa shape index (κ1) is 16.4. The SMILES string of the molecule is CCOC(=O)C1CC1c1cccc(COC2CCCCO2)c1F. The van der Waals surface area contributed by atoms with E-state index in [4.69, 9.17) is 14.2 Å². The topological polar surface area (TPSA) is 44.8 Å². The van der Waals surface area contributed by atoms with Crippen LogP contribution in [0.4, 0.5) is 4.39 Å². The molecule has 126 valence electrons. The summed E-state index contributed by atoms with van der Waals surface area (Å²) < 4.78 is 30.8. The summed E-state index contributed by atoms with van der Waals surface area (Å²) in [6.07, 6.45) is 3.41. The van der Waals surface area contributed by atoms with Gasteiger partial charge in [0, 0.05) is 18.1 Å². The number of ether oxygens (including phenoxy) is 3. The Bertz CT molecular complexity index is 554. The molecule has 3 rings (SSSR count). The van der Waals surface area contributed by atoms with Crippen LogP contribution in [0.3, 0.4) is 0 Å². The number of hydrogen-bond donors (Lipinski definition) is 0. The molecule has 0 radical (unpaired) electrons. The zero-order chi connectivity index (χ0) is 16.2. The third kappa shape index (κ3) is 3.90. The standard InChI is InChI=1S/C18H23FO4/c1-2-21-18(20)15-10-14(15)13-7-5-6-12(17(13)19)11-23-16-8-3-4-9-22-16/h5-7,14-16H,2-4,8-11H2,1H3. The van der Waals surface area contributed by atoms with Crippen molar-refractivity contribution < 1.29 is 23.4 Å². The van der Waals surface area contributed by atoms with Gasteiger partial charge in [-0.25, -0.2) is 4.39 Å². The highest BCUT2D eigenvalue weighted by Crippen LogP contribution is 2.49. The molecular formula is C18H23FO4. The second-order valence-electron chi connectivity index (χ2n) is 6.13. The average Bonchev–Trinajstić information content (AvgIpc) is 3.36. The van der Waals surface area contributed by atoms with Crippen molar-refractivity contribution in [3.05, 3.63) is 35.1 Å². The Kier molecular flexibility index (Phi) is 5.28. The molecule has 0 amide bonds. The molecule has 1 aliphatic heterocycles. The van der Waals surface area contributed by atoms with Crippen molar-refractivity contribution in [3.63, 3.8) is 0 Å². The van der Waals surface area contributed by atoms with E-state index in [0.29, 0.717) is 30.8 Å². The minimum atomic E-state index is -0.264. The lowest BCUT2D eigenvalue weighted by Crippen LogP contribution is -2.22. The molecule has 2 aliphatic rings. The van der Waals surface area contributed by atoms with Gasteiger partial charge in [0.2, 0.25) is 0 Å². The van der Waals surface area contributed by atoms with Crippen molar-refractivity contribution in [2.45, 2.75) is 51.4 Å². The summed E-state index contributed by atoms with van der Waals surface area (Å²) in [6, 6.07) is 5.29. The summed E-state index contributed by atoms with van der Waals surface area (Å²) >= 11 is 0. The fourth-order valence-electron chi connectivity index (χ4n) is 3.07. The first-order valence-corrected chi connectivity index (χ1v) is 8.37. The normalized spacial score (nSPS) is 26.8. The van der Waals surface area contributed by atoms with E-state index in [1.165, 1.54) is 0 Å². The lowest BCUT2D eigenvalue weighted by atomic mass is 10.0. The van der Waals surface area contributed by atoms with Crippen LogP contribution < -0.4 is 0 Å². The molecule has 0 spiro atoms. The molecule has 1 heterocycles. The van der Waals surface area contributed by atoms with E-state index in [0.717, 1.165) is 19.3 Å². The molecule has 3 atom stereocenters. The van der Waals surface area contributed by atoms with Crippen molar-refractivity contribution in [2.75, 3.05) is 13.2 Å². The van der Waals surface area contributed by atoms with Crippen LogP contribution in [0.25, 0.3) is 0 Å². The van der Waals surface area contributed by atoms with Crippen LogP contribution in [0.15, 0.2) is 18.2 Å². The number of benzene rings is 1. The fourth-order valence-corrected chi connectivity index (χ4v) is 3.07. The quantitative estimate of drug-likeness (QED) is 0.752. The molecule has 2 fully saturated rings. The minimum Gasteiger partial charge on any atom is -0.466 e. The van der Waals surface area contributed by atoms with Gasteiger partial charge in [-0.3, -0.25) is 4.79 Å². The maximum absolute atomic E-state index is 14.7. The van der Waals surface area contributed by atoms with Crippen LogP contribution in [-0.4, -0.2) is 25.5 Å². The van der Waals surface area contributed by atoms with Gasteiger partial charge in [0.05, 0.1) is 19.1 Å². The molecule has 0 bridgehead atoms. The van der Waals surface area contributed by atoms with Crippen LogP contribution in [0.5, 0.6) is 0 Å². The Labute approximate surface area is 135 Å². The Morgan fingerprint density at radius 2 is 2.26 bits per heavy atom. The number of esters is 1. The number of hydrogen-bond acceptors (Lipinski definition) is 4. The average molecular weight is 322 g/mol. The Morgan fingerprint density at radius 3 is 3.00 bits per heavy atom. The Hall–Kier alpha value is -1.46. The monoisotopic (exact) mass is 322 g/mol. The summed E-state index contributed by atoms with van der Waals surface area (Å²) in [5, 5.41) is 0. The van der Waals surface area contributed by atoms with E-state index in [1.807, 2.05) is 6.07 Å². The number of rotatable bonds is 6. The molecule has 4 nitrogen and oxygen atoms in total. The lowest BCUT2D eigenvalue weighted by Gasteiger charge is -2.23. The Morgan fingerprint density at radius 1 is 1.39 bits per heavy atom. The molecule has 0 N–H and O–H groups in total. The van der Waals surface area contributed by atoms with Crippen molar-refractivity contribution in [1.29, 1.82) is 0 Å². The van der Waals surface area contributed by atoms with Gasteiger partial charge < -0.3 is 14.2 Å². The van der Waals surface area contributed by atoms with Crippen LogP contribution in [0.2, 0.25) is 0 Å². The minimum absolute atomic E-state index is 0.0695. The van der Waals surface area contributed by atoms with Gasteiger partial charge in [0.25, 0.3) is 0 Å². The second-order valence-corrected chi connectivity index (χ2v) is 6.13. The third-order valence-corrected chi connectivity index (χ3v) is 4.45. The summed E-state index contributed by atoms with van der Waals surface area (Å²) in [7, 11) is 0. The highest BCUT2D eigenvalue weighted by atomic mass is 19.1. The largest absolute Gasteiger partial charge is 0.466 e. The van der Waals surface area contributed by atoms with Gasteiger partial charge in [0.1, 0.15) is 5.82 Å². The van der Waals surface area contributed by atoms with E-state index in [-0.39, 0.29) is 36.5 Å². The second kappa shape index (κ2) is 7.41. The van der Waals surface area contributed by atoms with Crippen LogP contribution in [0.1, 0.15) is 49.7 Å². The molecular weight excluding hydrogens is 299 g/mol. The molecule has 0 aromatic heterocycles. The van der Waals surface area contributed by atoms with Crippen molar-refractivity contribution in [3.8, 4) is 0 Å². The fraction of sp³-hybridized carbons (Fsp3) is 0.611. The predicted octanol–water partition coefficient (Wildman–Crippen LogP) is 3.54. The predicted molar refractivity (Wildman–Crippen MR) is 82.3 cm³/mol. The third-order valence-electron chi connectivity index (χ3n) is 4.45. The van der Waals surface area contributed by atoms with E-state index in [1.54, 1.807) is 19.1 Å². The van der Waals surface area contributed by atoms with Crippen molar-refractivity contribution in [2.24, 2.45) is 5.92 Å². The van der Waals surface area contributed by atoms with Gasteiger partial charge in [-0.2, -0.15) is 0 Å². The molecule has 3 unspecified atom stereocenters. The van der Waals surface area contributed by atoms with Crippen LogP contribution in [0, 0.1) is 11.7 Å². The van der Waals surface area contributed by atoms with Gasteiger partial charge in [-0.05, 0) is 38.2 Å². The van der Waals surface area contributed by atoms with Gasteiger partial charge in [0.15, 0.2) is 6.29 Å². The van der Waals surface area contributed by atoms with Gasteiger partial charge in [-0.15, -0.1) is 0 Å². The molecule has 23 heavy (non-hydrogen) atoms. The van der Waals surface area contributed by atoms with Crippen LogP contribution in [-0.2, 0) is 25.6 Å². The molecule has 1 aliphatic carbocycles. The van der Waals surface area contributed by atoms with E-state index in [9.17, 15) is 9.18 Å². The van der Waals surface area contributed by atoms with Gasteiger partial charge in [-0.1, -0.05) is 18.2 Å². The molecule has 1 aromatic rings. The summed E-state index contributed by atoms with van der Waals surface area (Å²) in [6.45, 7) is 3.04. The summed E-state index contributed by atoms with van der Waals surface area (Å²) in [5.41, 5.74) is 1.11. The zero-order valence-electron chi connectivity index (χ0n) is 13.4. The first-order chi connectivity index (χ1) is 11.2. The van der Waals surface area contributed by atoms with E-state index < -0.39 is 0 Å². The summed E-state index contributed by atoms with van der Waals surface area (Å²) in [4.78, 5) is 11.7. The molecule has 5 heteroatoms. The first-order valence-electron chi connectivity index (χ1n) is 8.37.